The number of nitrogens with two attached hydrogens (primary N) is 1. The molecule has 0 saturated heterocycles. The second-order valence-electron chi connectivity index (χ2n) is 4.68. The van der Waals surface area contributed by atoms with Crippen LogP contribution >= 0.6 is 0 Å². The monoisotopic (exact) mass is 288 g/mol. The van der Waals surface area contributed by atoms with Crippen LogP contribution in [0.4, 0.5) is 10.1 Å². The summed E-state index contributed by atoms with van der Waals surface area (Å²) in [5, 5.41) is 0. The van der Waals surface area contributed by atoms with Gasteiger partial charge in [-0.2, -0.15) is 0 Å². The normalized spacial score (nSPS) is 12.1. The van der Waals surface area contributed by atoms with Gasteiger partial charge in [0.05, 0.1) is 10.6 Å². The van der Waals surface area contributed by atoms with Crippen molar-refractivity contribution in [3.05, 3.63) is 23.5 Å². The van der Waals surface area contributed by atoms with E-state index < -0.39 is 15.8 Å². The highest BCUT2D eigenvalue weighted by Gasteiger charge is 2.18. The Bertz CT molecular complexity index is 517. The molecule has 0 unspecified atom stereocenters. The molecule has 19 heavy (non-hydrogen) atoms. The zero-order chi connectivity index (χ0) is 14.6. The van der Waals surface area contributed by atoms with E-state index in [4.69, 9.17) is 5.73 Å². The molecule has 0 aliphatic heterocycles. The maximum absolute atomic E-state index is 13.4. The van der Waals surface area contributed by atoms with Crippen molar-refractivity contribution >= 4 is 15.7 Å². The van der Waals surface area contributed by atoms with Gasteiger partial charge in [0.15, 0.2) is 0 Å². The summed E-state index contributed by atoms with van der Waals surface area (Å²) in [7, 11) is -3.63. The molecular weight excluding hydrogens is 267 g/mol. The Labute approximate surface area is 114 Å². The number of halogens is 1. The van der Waals surface area contributed by atoms with Crippen LogP contribution < -0.4 is 10.5 Å². The number of nitrogens with one attached hydrogen (secondary N) is 1. The van der Waals surface area contributed by atoms with Crippen molar-refractivity contribution in [3.63, 3.8) is 0 Å². The summed E-state index contributed by atoms with van der Waals surface area (Å²) in [5.74, 6) is -0.271. The first-order chi connectivity index (χ1) is 8.81. The van der Waals surface area contributed by atoms with Gasteiger partial charge in [0.25, 0.3) is 0 Å². The molecule has 0 atom stereocenters. The molecule has 0 aliphatic rings. The SMILES string of the molecule is CCC(CC)CNS(=O)(=O)c1cc(C)c(F)c(N)c1. The van der Waals surface area contributed by atoms with Crippen LogP contribution in [0.25, 0.3) is 0 Å². The van der Waals surface area contributed by atoms with Gasteiger partial charge < -0.3 is 5.73 Å². The summed E-state index contributed by atoms with van der Waals surface area (Å²) in [6.45, 7) is 5.91. The second kappa shape index (κ2) is 6.34. The summed E-state index contributed by atoms with van der Waals surface area (Å²) in [6.07, 6.45) is 1.81. The van der Waals surface area contributed by atoms with Crippen molar-refractivity contribution in [3.8, 4) is 0 Å². The Morgan fingerprint density at radius 3 is 2.37 bits per heavy atom. The summed E-state index contributed by atoms with van der Waals surface area (Å²) in [5.41, 5.74) is 5.53. The quantitative estimate of drug-likeness (QED) is 0.790. The van der Waals surface area contributed by atoms with Crippen molar-refractivity contribution in [1.29, 1.82) is 0 Å². The van der Waals surface area contributed by atoms with Crippen LogP contribution in [0, 0.1) is 18.7 Å². The lowest BCUT2D eigenvalue weighted by Crippen LogP contribution is -2.29. The molecule has 0 fully saturated rings. The van der Waals surface area contributed by atoms with Crippen molar-refractivity contribution in [2.45, 2.75) is 38.5 Å². The topological polar surface area (TPSA) is 72.2 Å². The minimum Gasteiger partial charge on any atom is -0.396 e. The summed E-state index contributed by atoms with van der Waals surface area (Å²) in [6, 6.07) is 2.44. The first kappa shape index (κ1) is 15.9. The largest absolute Gasteiger partial charge is 0.396 e. The minimum atomic E-state index is -3.63. The summed E-state index contributed by atoms with van der Waals surface area (Å²) >= 11 is 0. The Morgan fingerprint density at radius 2 is 1.89 bits per heavy atom. The number of hydrogen-bond acceptors (Lipinski definition) is 3. The van der Waals surface area contributed by atoms with E-state index in [9.17, 15) is 12.8 Å². The number of sulfonamides is 1. The van der Waals surface area contributed by atoms with Crippen LogP contribution in [0.15, 0.2) is 17.0 Å². The van der Waals surface area contributed by atoms with Gasteiger partial charge in [0, 0.05) is 6.54 Å². The van der Waals surface area contributed by atoms with Crippen LogP contribution in [0.5, 0.6) is 0 Å². The molecular formula is C13H21FN2O2S. The number of aryl methyl sites for hydroxylation is 1. The lowest BCUT2D eigenvalue weighted by atomic mass is 10.0. The van der Waals surface area contributed by atoms with E-state index in [2.05, 4.69) is 4.72 Å². The van der Waals surface area contributed by atoms with E-state index in [1.54, 1.807) is 0 Å². The Hall–Kier alpha value is -1.14. The van der Waals surface area contributed by atoms with Crippen molar-refractivity contribution < 1.29 is 12.8 Å². The molecule has 6 heteroatoms. The highest BCUT2D eigenvalue weighted by atomic mass is 32.2. The first-order valence-corrected chi connectivity index (χ1v) is 7.85. The molecule has 0 spiro atoms. The van der Waals surface area contributed by atoms with E-state index in [-0.39, 0.29) is 16.1 Å². The maximum Gasteiger partial charge on any atom is 0.240 e. The van der Waals surface area contributed by atoms with E-state index >= 15 is 0 Å². The molecule has 0 amide bonds. The lowest BCUT2D eigenvalue weighted by molar-refractivity contribution is 0.479. The molecule has 0 aromatic heterocycles. The molecule has 0 radical (unpaired) electrons. The van der Waals surface area contributed by atoms with Crippen molar-refractivity contribution in [2.24, 2.45) is 5.92 Å². The fraction of sp³-hybridized carbons (Fsp3) is 0.538. The van der Waals surface area contributed by atoms with Gasteiger partial charge in [0.2, 0.25) is 10.0 Å². The minimum absolute atomic E-state index is 0.00913. The van der Waals surface area contributed by atoms with Gasteiger partial charge in [-0.05, 0) is 30.5 Å². The number of benzene rings is 1. The molecule has 1 aromatic rings. The smallest absolute Gasteiger partial charge is 0.240 e. The van der Waals surface area contributed by atoms with E-state index in [0.717, 1.165) is 18.9 Å². The van der Waals surface area contributed by atoms with Gasteiger partial charge in [-0.15, -0.1) is 0 Å². The summed E-state index contributed by atoms with van der Waals surface area (Å²) in [4.78, 5) is 0.00913. The van der Waals surface area contributed by atoms with Gasteiger partial charge in [0.1, 0.15) is 5.82 Å². The average molecular weight is 288 g/mol. The molecule has 108 valence electrons. The molecule has 1 rings (SSSR count). The number of rotatable bonds is 6. The van der Waals surface area contributed by atoms with E-state index in [0.29, 0.717) is 12.5 Å². The maximum atomic E-state index is 13.4. The van der Waals surface area contributed by atoms with Crippen LogP contribution in [-0.2, 0) is 10.0 Å². The fourth-order valence-corrected chi connectivity index (χ4v) is 3.04. The predicted molar refractivity (Wildman–Crippen MR) is 74.8 cm³/mol. The zero-order valence-corrected chi connectivity index (χ0v) is 12.3. The Kier molecular flexibility index (Phi) is 5.31. The fourth-order valence-electron chi connectivity index (χ4n) is 1.81. The molecule has 3 N–H and O–H groups in total. The third-order valence-electron chi connectivity index (χ3n) is 3.28. The Morgan fingerprint density at radius 1 is 1.32 bits per heavy atom. The molecule has 1 aromatic carbocycles. The zero-order valence-electron chi connectivity index (χ0n) is 11.5. The third-order valence-corrected chi connectivity index (χ3v) is 4.69. The second-order valence-corrected chi connectivity index (χ2v) is 6.44. The number of hydrogen-bond donors (Lipinski definition) is 2. The molecule has 0 bridgehead atoms. The predicted octanol–water partition coefficient (Wildman–Crippen LogP) is 2.43. The number of anilines is 1. The van der Waals surface area contributed by atoms with Gasteiger partial charge in [-0.3, -0.25) is 0 Å². The molecule has 0 aliphatic carbocycles. The Balaban J connectivity index is 2.95. The van der Waals surface area contributed by atoms with Crippen molar-refractivity contribution in [2.75, 3.05) is 12.3 Å². The highest BCUT2D eigenvalue weighted by molar-refractivity contribution is 7.89. The van der Waals surface area contributed by atoms with Gasteiger partial charge in [-0.25, -0.2) is 17.5 Å². The van der Waals surface area contributed by atoms with Gasteiger partial charge >= 0.3 is 0 Å². The van der Waals surface area contributed by atoms with Crippen molar-refractivity contribution in [1.82, 2.24) is 4.72 Å². The molecule has 4 nitrogen and oxygen atoms in total. The lowest BCUT2D eigenvalue weighted by Gasteiger charge is -2.14. The van der Waals surface area contributed by atoms with Crippen LogP contribution in [0.3, 0.4) is 0 Å². The first-order valence-electron chi connectivity index (χ1n) is 6.37. The molecule has 0 saturated carbocycles. The van der Waals surface area contributed by atoms with E-state index in [1.165, 1.54) is 13.0 Å². The highest BCUT2D eigenvalue weighted by Crippen LogP contribution is 2.21. The van der Waals surface area contributed by atoms with Crippen LogP contribution in [-0.4, -0.2) is 15.0 Å². The van der Waals surface area contributed by atoms with Gasteiger partial charge in [-0.1, -0.05) is 26.7 Å². The van der Waals surface area contributed by atoms with Crippen LogP contribution in [0.2, 0.25) is 0 Å². The summed E-state index contributed by atoms with van der Waals surface area (Å²) < 4.78 is 40.1. The third kappa shape index (κ3) is 3.91. The average Bonchev–Trinajstić information content (AvgIpc) is 2.36. The van der Waals surface area contributed by atoms with Crippen LogP contribution in [0.1, 0.15) is 32.3 Å². The standard InChI is InChI=1S/C13H21FN2O2S/c1-4-10(5-2)8-16-19(17,18)11-6-9(3)13(14)12(15)7-11/h6-7,10,16H,4-5,8,15H2,1-3H3. The number of nitrogen functional groups attached to an aromatic ring is 1. The van der Waals surface area contributed by atoms with E-state index in [1.807, 2.05) is 13.8 Å². The molecule has 0 heterocycles.